The lowest BCUT2D eigenvalue weighted by atomic mass is 9.94. The standard InChI is InChI=1S/C8H17FO.C3H8/c1-4-7(2)5-8(3,9)6-10;1-3-2/h7,10H,4-6H2,1-3H3;3H2,1-2H3. The maximum Gasteiger partial charge on any atom is 0.131 e. The zero-order valence-electron chi connectivity index (χ0n) is 9.73. The fourth-order valence-electron chi connectivity index (χ4n) is 0.935. The molecule has 0 rings (SSSR count). The molecule has 0 radical (unpaired) electrons. The Kier molecular flexibility index (Phi) is 10.0. The van der Waals surface area contributed by atoms with Gasteiger partial charge in [-0.05, 0) is 19.3 Å². The van der Waals surface area contributed by atoms with E-state index < -0.39 is 5.67 Å². The van der Waals surface area contributed by atoms with Crippen LogP contribution < -0.4 is 0 Å². The molecule has 1 nitrogen and oxygen atoms in total. The number of rotatable bonds is 4. The summed E-state index contributed by atoms with van der Waals surface area (Å²) < 4.78 is 13.0. The average Bonchev–Trinajstić information content (AvgIpc) is 2.05. The topological polar surface area (TPSA) is 20.2 Å². The SMILES string of the molecule is CCC.CCC(C)CC(C)(F)CO. The summed E-state index contributed by atoms with van der Waals surface area (Å²) in [6, 6.07) is 0. The average molecular weight is 192 g/mol. The van der Waals surface area contributed by atoms with Crippen LogP contribution in [0.1, 0.15) is 53.9 Å². The lowest BCUT2D eigenvalue weighted by Gasteiger charge is -2.20. The molecule has 0 aliphatic heterocycles. The molecule has 0 aromatic carbocycles. The summed E-state index contributed by atoms with van der Waals surface area (Å²) in [5.41, 5.74) is -1.38. The molecule has 0 aliphatic carbocycles. The largest absolute Gasteiger partial charge is 0.393 e. The molecule has 0 saturated carbocycles. The Bertz CT molecular complexity index is 102. The first-order valence-corrected chi connectivity index (χ1v) is 5.23. The molecule has 13 heavy (non-hydrogen) atoms. The molecule has 0 saturated heterocycles. The Hall–Kier alpha value is -0.110. The quantitative estimate of drug-likeness (QED) is 0.722. The molecule has 1 N–H and O–H groups in total. The first kappa shape index (κ1) is 15.4. The summed E-state index contributed by atoms with van der Waals surface area (Å²) in [5, 5.41) is 8.56. The second kappa shape index (κ2) is 8.49. The molecule has 0 fully saturated rings. The zero-order chi connectivity index (χ0) is 10.9. The minimum Gasteiger partial charge on any atom is -0.393 e. The Morgan fingerprint density at radius 2 is 1.69 bits per heavy atom. The van der Waals surface area contributed by atoms with Crippen molar-refractivity contribution in [2.45, 2.75) is 59.5 Å². The van der Waals surface area contributed by atoms with Crippen molar-refractivity contribution in [3.63, 3.8) is 0 Å². The van der Waals surface area contributed by atoms with E-state index in [1.165, 1.54) is 13.3 Å². The van der Waals surface area contributed by atoms with E-state index in [4.69, 9.17) is 5.11 Å². The van der Waals surface area contributed by atoms with E-state index in [2.05, 4.69) is 13.8 Å². The Morgan fingerprint density at radius 3 is 1.92 bits per heavy atom. The van der Waals surface area contributed by atoms with E-state index in [0.717, 1.165) is 6.42 Å². The highest BCUT2D eigenvalue weighted by Crippen LogP contribution is 2.21. The Morgan fingerprint density at radius 1 is 1.31 bits per heavy atom. The van der Waals surface area contributed by atoms with E-state index in [9.17, 15) is 4.39 Å². The number of aliphatic hydroxyl groups is 1. The highest BCUT2D eigenvalue weighted by atomic mass is 19.1. The van der Waals surface area contributed by atoms with Crippen LogP contribution in [0.3, 0.4) is 0 Å². The molecule has 0 aromatic rings. The van der Waals surface area contributed by atoms with Gasteiger partial charge in [0.2, 0.25) is 0 Å². The van der Waals surface area contributed by atoms with Crippen LogP contribution in [0.25, 0.3) is 0 Å². The highest BCUT2D eigenvalue weighted by molar-refractivity contribution is 4.73. The Labute approximate surface area is 82.4 Å². The van der Waals surface area contributed by atoms with Gasteiger partial charge in [0.25, 0.3) is 0 Å². The van der Waals surface area contributed by atoms with Crippen LogP contribution in [0.5, 0.6) is 0 Å². The van der Waals surface area contributed by atoms with E-state index in [1.54, 1.807) is 0 Å². The molecule has 82 valence electrons. The summed E-state index contributed by atoms with van der Waals surface area (Å²) in [6.45, 7) is 9.35. The summed E-state index contributed by atoms with van der Waals surface area (Å²) in [4.78, 5) is 0. The maximum atomic E-state index is 13.0. The number of hydrogen-bond acceptors (Lipinski definition) is 1. The van der Waals surface area contributed by atoms with Crippen molar-refractivity contribution in [2.24, 2.45) is 5.92 Å². The van der Waals surface area contributed by atoms with Crippen molar-refractivity contribution in [3.8, 4) is 0 Å². The van der Waals surface area contributed by atoms with Crippen molar-refractivity contribution in [1.29, 1.82) is 0 Å². The summed E-state index contributed by atoms with van der Waals surface area (Å²) >= 11 is 0. The molecular weight excluding hydrogens is 167 g/mol. The van der Waals surface area contributed by atoms with Gasteiger partial charge in [-0.3, -0.25) is 0 Å². The van der Waals surface area contributed by atoms with Gasteiger partial charge < -0.3 is 5.11 Å². The van der Waals surface area contributed by atoms with Gasteiger partial charge in [-0.25, -0.2) is 4.39 Å². The van der Waals surface area contributed by atoms with E-state index in [1.807, 2.05) is 13.8 Å². The predicted molar refractivity (Wildman–Crippen MR) is 56.6 cm³/mol. The third-order valence-electron chi connectivity index (χ3n) is 1.80. The lowest BCUT2D eigenvalue weighted by molar-refractivity contribution is 0.0653. The lowest BCUT2D eigenvalue weighted by Crippen LogP contribution is -2.25. The molecule has 0 aromatic heterocycles. The molecule has 2 unspecified atom stereocenters. The van der Waals surface area contributed by atoms with Crippen molar-refractivity contribution in [3.05, 3.63) is 0 Å². The van der Waals surface area contributed by atoms with Crippen LogP contribution in [0, 0.1) is 5.92 Å². The van der Waals surface area contributed by atoms with Crippen LogP contribution >= 0.6 is 0 Å². The van der Waals surface area contributed by atoms with Gasteiger partial charge in [0.15, 0.2) is 0 Å². The van der Waals surface area contributed by atoms with Crippen molar-refractivity contribution < 1.29 is 9.50 Å². The summed E-state index contributed by atoms with van der Waals surface area (Å²) in [7, 11) is 0. The first-order valence-electron chi connectivity index (χ1n) is 5.23. The highest BCUT2D eigenvalue weighted by Gasteiger charge is 2.23. The third kappa shape index (κ3) is 11.9. The second-order valence-corrected chi connectivity index (χ2v) is 4.00. The second-order valence-electron chi connectivity index (χ2n) is 4.00. The van der Waals surface area contributed by atoms with Gasteiger partial charge in [0.1, 0.15) is 5.67 Å². The number of aliphatic hydroxyl groups excluding tert-OH is 1. The minimum atomic E-state index is -1.38. The molecule has 0 amide bonds. The molecule has 2 atom stereocenters. The van der Waals surface area contributed by atoms with Crippen molar-refractivity contribution >= 4 is 0 Å². The van der Waals surface area contributed by atoms with Gasteiger partial charge in [0.05, 0.1) is 6.61 Å². The predicted octanol–water partition coefficient (Wildman–Crippen LogP) is 3.56. The maximum absolute atomic E-state index is 13.0. The smallest absolute Gasteiger partial charge is 0.131 e. The normalized spacial score (nSPS) is 16.8. The van der Waals surface area contributed by atoms with Crippen LogP contribution in [-0.2, 0) is 0 Å². The first-order chi connectivity index (χ1) is 5.93. The van der Waals surface area contributed by atoms with Crippen LogP contribution in [0.4, 0.5) is 4.39 Å². The Balaban J connectivity index is 0. The van der Waals surface area contributed by atoms with Gasteiger partial charge in [-0.1, -0.05) is 40.5 Å². The summed E-state index contributed by atoms with van der Waals surface area (Å²) in [5.74, 6) is 0.363. The molecule has 0 bridgehead atoms. The van der Waals surface area contributed by atoms with E-state index in [-0.39, 0.29) is 6.61 Å². The molecular formula is C11H25FO. The molecule has 0 spiro atoms. The fourth-order valence-corrected chi connectivity index (χ4v) is 0.935. The van der Waals surface area contributed by atoms with Crippen molar-refractivity contribution in [2.75, 3.05) is 6.61 Å². The monoisotopic (exact) mass is 192 g/mol. The molecule has 0 aliphatic rings. The third-order valence-corrected chi connectivity index (χ3v) is 1.80. The molecule has 0 heterocycles. The van der Waals surface area contributed by atoms with Gasteiger partial charge in [0, 0.05) is 0 Å². The van der Waals surface area contributed by atoms with Crippen LogP contribution in [-0.4, -0.2) is 17.4 Å². The van der Waals surface area contributed by atoms with E-state index in [0.29, 0.717) is 12.3 Å². The fraction of sp³-hybridized carbons (Fsp3) is 1.00. The minimum absolute atomic E-state index is 0.363. The number of alkyl halides is 1. The number of hydrogen-bond donors (Lipinski definition) is 1. The van der Waals surface area contributed by atoms with Gasteiger partial charge >= 0.3 is 0 Å². The summed E-state index contributed by atoms with van der Waals surface area (Å²) in [6.07, 6.45) is 2.68. The van der Waals surface area contributed by atoms with Gasteiger partial charge in [-0.2, -0.15) is 0 Å². The molecule has 2 heteroatoms. The van der Waals surface area contributed by atoms with Crippen LogP contribution in [0.15, 0.2) is 0 Å². The van der Waals surface area contributed by atoms with Crippen molar-refractivity contribution in [1.82, 2.24) is 0 Å². The van der Waals surface area contributed by atoms with E-state index >= 15 is 0 Å². The van der Waals surface area contributed by atoms with Gasteiger partial charge in [-0.15, -0.1) is 0 Å². The van der Waals surface area contributed by atoms with Crippen LogP contribution in [0.2, 0.25) is 0 Å². The number of halogens is 1. The zero-order valence-corrected chi connectivity index (χ0v) is 9.73.